The zero-order valence-corrected chi connectivity index (χ0v) is 11.0. The van der Waals surface area contributed by atoms with Crippen molar-refractivity contribution in [2.45, 2.75) is 37.4 Å². The maximum atomic E-state index is 11.8. The number of aromatic nitrogens is 2. The van der Waals surface area contributed by atoms with Crippen molar-refractivity contribution in [1.29, 1.82) is 5.26 Å². The average molecular weight is 297 g/mol. The molecule has 0 saturated carbocycles. The van der Waals surface area contributed by atoms with Crippen LogP contribution in [-0.4, -0.2) is 49.8 Å². The lowest BCUT2D eigenvalue weighted by Gasteiger charge is -2.15. The van der Waals surface area contributed by atoms with Crippen molar-refractivity contribution in [3.05, 3.63) is 32.6 Å². The second-order valence-corrected chi connectivity index (χ2v) is 4.70. The second-order valence-electron chi connectivity index (χ2n) is 4.70. The van der Waals surface area contributed by atoms with Crippen LogP contribution in [0.5, 0.6) is 0 Å². The van der Waals surface area contributed by atoms with Crippen LogP contribution in [0.15, 0.2) is 15.8 Å². The van der Waals surface area contributed by atoms with Gasteiger partial charge in [0.15, 0.2) is 0 Å². The largest absolute Gasteiger partial charge is 0.394 e. The van der Waals surface area contributed by atoms with E-state index in [0.29, 0.717) is 0 Å². The summed E-state index contributed by atoms with van der Waals surface area (Å²) in [6.45, 7) is -0.436. The number of rotatable bonds is 4. The Morgan fingerprint density at radius 3 is 2.67 bits per heavy atom. The van der Waals surface area contributed by atoms with Crippen LogP contribution in [0.25, 0.3) is 0 Å². The van der Waals surface area contributed by atoms with Gasteiger partial charge in [-0.2, -0.15) is 5.26 Å². The third kappa shape index (κ3) is 2.88. The van der Waals surface area contributed by atoms with E-state index in [2.05, 4.69) is 4.98 Å². The summed E-state index contributed by atoms with van der Waals surface area (Å²) < 4.78 is 6.37. The number of nitrogens with one attached hydrogen (secondary N) is 1. The van der Waals surface area contributed by atoms with E-state index in [9.17, 15) is 19.8 Å². The lowest BCUT2D eigenvalue weighted by atomic mass is 10.0. The number of H-pyrrole nitrogens is 1. The van der Waals surface area contributed by atoms with E-state index in [-0.39, 0.29) is 18.5 Å². The van der Waals surface area contributed by atoms with Crippen LogP contribution in [0.4, 0.5) is 0 Å². The quantitative estimate of drug-likeness (QED) is 0.484. The van der Waals surface area contributed by atoms with E-state index < -0.39 is 42.3 Å². The predicted molar refractivity (Wildman–Crippen MR) is 68.3 cm³/mol. The van der Waals surface area contributed by atoms with Gasteiger partial charge in [0.05, 0.1) is 24.7 Å². The molecule has 0 spiro atoms. The van der Waals surface area contributed by atoms with E-state index in [1.807, 2.05) is 6.07 Å². The number of hydrogen-bond donors (Lipinski definition) is 4. The van der Waals surface area contributed by atoms with Gasteiger partial charge >= 0.3 is 5.69 Å². The first-order valence-corrected chi connectivity index (χ1v) is 6.32. The van der Waals surface area contributed by atoms with Gasteiger partial charge in [-0.25, -0.2) is 4.79 Å². The maximum absolute atomic E-state index is 11.8. The van der Waals surface area contributed by atoms with Gasteiger partial charge in [0.25, 0.3) is 5.56 Å². The molecule has 1 aromatic heterocycles. The summed E-state index contributed by atoms with van der Waals surface area (Å²) in [4.78, 5) is 25.5. The molecule has 9 heteroatoms. The molecule has 114 valence electrons. The Hall–Kier alpha value is -1.99. The van der Waals surface area contributed by atoms with Gasteiger partial charge in [0.2, 0.25) is 0 Å². The fraction of sp³-hybridized carbons (Fsp3) is 0.583. The zero-order valence-electron chi connectivity index (χ0n) is 11.0. The zero-order chi connectivity index (χ0) is 15.6. The number of nitrogens with zero attached hydrogens (tertiary/aromatic N) is 2. The van der Waals surface area contributed by atoms with Crippen molar-refractivity contribution in [1.82, 2.24) is 9.55 Å². The number of ether oxygens (including phenoxy) is 1. The number of aliphatic hydroxyl groups is 3. The van der Waals surface area contributed by atoms with Gasteiger partial charge in [0, 0.05) is 12.7 Å². The molecule has 4 N–H and O–H groups in total. The van der Waals surface area contributed by atoms with E-state index >= 15 is 0 Å². The summed E-state index contributed by atoms with van der Waals surface area (Å²) in [5.74, 6) is 0. The van der Waals surface area contributed by atoms with Crippen molar-refractivity contribution < 1.29 is 20.1 Å². The van der Waals surface area contributed by atoms with Crippen LogP contribution in [-0.2, 0) is 11.3 Å². The molecule has 0 radical (unpaired) electrons. The minimum absolute atomic E-state index is 0.0463. The molecule has 0 aliphatic carbocycles. The van der Waals surface area contributed by atoms with E-state index in [1.54, 1.807) is 0 Å². The van der Waals surface area contributed by atoms with Gasteiger partial charge in [-0.1, -0.05) is 0 Å². The fourth-order valence-electron chi connectivity index (χ4n) is 2.22. The van der Waals surface area contributed by atoms with Gasteiger partial charge in [-0.3, -0.25) is 14.3 Å². The lowest BCUT2D eigenvalue weighted by molar-refractivity contribution is -0.0233. The van der Waals surface area contributed by atoms with Crippen LogP contribution in [0, 0.1) is 11.3 Å². The van der Waals surface area contributed by atoms with E-state index in [1.165, 1.54) is 6.20 Å². The van der Waals surface area contributed by atoms with E-state index in [4.69, 9.17) is 15.1 Å². The second kappa shape index (κ2) is 6.19. The lowest BCUT2D eigenvalue weighted by Crippen LogP contribution is -2.36. The Morgan fingerprint density at radius 2 is 2.10 bits per heavy atom. The van der Waals surface area contributed by atoms with Crippen molar-refractivity contribution in [2.75, 3.05) is 6.61 Å². The molecule has 1 saturated heterocycles. The third-order valence-corrected chi connectivity index (χ3v) is 3.35. The molecule has 1 aliphatic heterocycles. The molecule has 2 unspecified atom stereocenters. The molecule has 0 aromatic carbocycles. The summed E-state index contributed by atoms with van der Waals surface area (Å²) in [5.41, 5.74) is -1.47. The van der Waals surface area contributed by atoms with Gasteiger partial charge < -0.3 is 20.1 Å². The average Bonchev–Trinajstić information content (AvgIpc) is 2.74. The highest BCUT2D eigenvalue weighted by molar-refractivity contribution is 5.14. The first kappa shape index (κ1) is 15.4. The summed E-state index contributed by atoms with van der Waals surface area (Å²) in [6.07, 6.45) is -3.64. The molecular formula is C12H15N3O6. The molecular weight excluding hydrogens is 282 g/mol. The molecule has 1 fully saturated rings. The number of aliphatic hydroxyl groups excluding tert-OH is 3. The minimum atomic E-state index is -1.40. The highest BCUT2D eigenvalue weighted by Crippen LogP contribution is 2.31. The molecule has 1 aliphatic rings. The number of aryl methyl sites for hydroxylation is 1. The Kier molecular flexibility index (Phi) is 4.54. The number of aromatic amines is 1. The Morgan fingerprint density at radius 1 is 1.38 bits per heavy atom. The van der Waals surface area contributed by atoms with Gasteiger partial charge in [0.1, 0.15) is 24.4 Å². The van der Waals surface area contributed by atoms with Crippen LogP contribution in [0.1, 0.15) is 18.1 Å². The third-order valence-electron chi connectivity index (χ3n) is 3.35. The van der Waals surface area contributed by atoms with Crippen LogP contribution in [0.3, 0.4) is 0 Å². The minimum Gasteiger partial charge on any atom is -0.394 e. The summed E-state index contributed by atoms with van der Waals surface area (Å²) >= 11 is 0. The molecule has 2 rings (SSSR count). The van der Waals surface area contributed by atoms with Crippen LogP contribution >= 0.6 is 0 Å². The van der Waals surface area contributed by atoms with E-state index in [0.717, 1.165) is 4.57 Å². The van der Waals surface area contributed by atoms with Gasteiger partial charge in [-0.05, 0) is 0 Å². The molecule has 9 nitrogen and oxygen atoms in total. The Labute approximate surface area is 118 Å². The van der Waals surface area contributed by atoms with Crippen molar-refractivity contribution in [3.8, 4) is 6.07 Å². The first-order valence-electron chi connectivity index (χ1n) is 6.32. The summed E-state index contributed by atoms with van der Waals surface area (Å²) in [7, 11) is 0. The molecule has 2 heterocycles. The van der Waals surface area contributed by atoms with Gasteiger partial charge in [-0.15, -0.1) is 0 Å². The van der Waals surface area contributed by atoms with Crippen molar-refractivity contribution in [2.24, 2.45) is 0 Å². The fourth-order valence-corrected chi connectivity index (χ4v) is 2.22. The van der Waals surface area contributed by atoms with Crippen molar-refractivity contribution in [3.63, 3.8) is 0 Å². The smallest absolute Gasteiger partial charge is 0.328 e. The molecule has 21 heavy (non-hydrogen) atoms. The molecule has 1 aromatic rings. The molecule has 0 amide bonds. The SMILES string of the molecule is N#CCCn1cc([C@@H]2O[C@H](CO)C(O)C2O)c(=O)[nH]c1=O. The van der Waals surface area contributed by atoms with Crippen LogP contribution in [0.2, 0.25) is 0 Å². The Balaban J connectivity index is 2.38. The van der Waals surface area contributed by atoms with Crippen molar-refractivity contribution >= 4 is 0 Å². The highest BCUT2D eigenvalue weighted by Gasteiger charge is 2.44. The first-order chi connectivity index (χ1) is 9.99. The topological polar surface area (TPSA) is 149 Å². The number of hydrogen-bond acceptors (Lipinski definition) is 7. The summed E-state index contributed by atoms with van der Waals surface area (Å²) in [6, 6.07) is 1.87. The van der Waals surface area contributed by atoms with Crippen LogP contribution < -0.4 is 11.2 Å². The predicted octanol–water partition coefficient (Wildman–Crippen LogP) is -2.40. The monoisotopic (exact) mass is 297 g/mol. The normalized spacial score (nSPS) is 28.5. The highest BCUT2D eigenvalue weighted by atomic mass is 16.6. The number of nitriles is 1. The maximum Gasteiger partial charge on any atom is 0.328 e. The Bertz CT molecular complexity index is 660. The standard InChI is InChI=1S/C12H15N3O6/c13-2-1-3-15-4-6(11(19)14-12(15)20)10-9(18)8(17)7(5-16)21-10/h4,7-10,16-18H,1,3,5H2,(H,14,19,20)/t7-,8?,9?,10+/m1/s1. The molecule has 0 bridgehead atoms. The summed E-state index contributed by atoms with van der Waals surface area (Å²) in [5, 5.41) is 37.1. The molecule has 4 atom stereocenters.